The monoisotopic (exact) mass is 298 g/mol. The van der Waals surface area contributed by atoms with Gasteiger partial charge in [-0.1, -0.05) is 0 Å². The van der Waals surface area contributed by atoms with Gasteiger partial charge in [0, 0.05) is 39.2 Å². The summed E-state index contributed by atoms with van der Waals surface area (Å²) in [5, 5.41) is 0. The lowest BCUT2D eigenvalue weighted by atomic mass is 10.1. The highest BCUT2D eigenvalue weighted by atomic mass is 35.5. The van der Waals surface area contributed by atoms with E-state index >= 15 is 0 Å². The molecule has 5 nitrogen and oxygen atoms in total. The van der Waals surface area contributed by atoms with Gasteiger partial charge < -0.3 is 4.74 Å². The smallest absolute Gasteiger partial charge is 0.281 e. The molecule has 0 spiro atoms. The fourth-order valence-electron chi connectivity index (χ4n) is 2.08. The fraction of sp³-hybridized carbons (Fsp3) is 1.00. The van der Waals surface area contributed by atoms with Crippen molar-refractivity contribution in [2.45, 2.75) is 32.3 Å². The van der Waals surface area contributed by atoms with Crippen molar-refractivity contribution in [3.63, 3.8) is 0 Å². The summed E-state index contributed by atoms with van der Waals surface area (Å²) in [5.74, 6) is 0.474. The molecule has 1 saturated heterocycles. The zero-order valence-electron chi connectivity index (χ0n) is 11.1. The van der Waals surface area contributed by atoms with Crippen LogP contribution in [0.1, 0.15) is 26.2 Å². The molecule has 1 aliphatic heterocycles. The molecule has 0 aromatic carbocycles. The van der Waals surface area contributed by atoms with Gasteiger partial charge in [-0.2, -0.15) is 17.0 Å². The lowest BCUT2D eigenvalue weighted by molar-refractivity contribution is 0.0253. The minimum atomic E-state index is -3.36. The van der Waals surface area contributed by atoms with Gasteiger partial charge in [-0.15, -0.1) is 11.6 Å². The number of piperidine rings is 1. The predicted octanol–water partition coefficient (Wildman–Crippen LogP) is 1.29. The van der Waals surface area contributed by atoms with Crippen LogP contribution in [0.15, 0.2) is 0 Å². The van der Waals surface area contributed by atoms with Gasteiger partial charge in [0.15, 0.2) is 0 Å². The predicted molar refractivity (Wildman–Crippen MR) is 73.1 cm³/mol. The maximum atomic E-state index is 12.3. The van der Waals surface area contributed by atoms with Gasteiger partial charge in [0.2, 0.25) is 0 Å². The molecular weight excluding hydrogens is 276 g/mol. The molecule has 1 fully saturated rings. The molecular formula is C11H23ClN2O3S. The van der Waals surface area contributed by atoms with Crippen LogP contribution in [0.3, 0.4) is 0 Å². The van der Waals surface area contributed by atoms with Crippen LogP contribution >= 0.6 is 11.6 Å². The van der Waals surface area contributed by atoms with Crippen molar-refractivity contribution < 1.29 is 13.2 Å². The first-order valence-corrected chi connectivity index (χ1v) is 8.34. The summed E-state index contributed by atoms with van der Waals surface area (Å²) in [7, 11) is -1.75. The second kappa shape index (κ2) is 7.65. The second-order valence-electron chi connectivity index (χ2n) is 4.45. The van der Waals surface area contributed by atoms with E-state index in [0.717, 1.165) is 12.8 Å². The fourth-order valence-corrected chi connectivity index (χ4v) is 3.67. The first kappa shape index (κ1) is 16.2. The van der Waals surface area contributed by atoms with Gasteiger partial charge in [0.25, 0.3) is 10.2 Å². The highest BCUT2D eigenvalue weighted by Crippen LogP contribution is 2.18. The average molecular weight is 299 g/mol. The number of rotatable bonds is 7. The first-order valence-electron chi connectivity index (χ1n) is 6.41. The van der Waals surface area contributed by atoms with Crippen LogP contribution in [-0.2, 0) is 14.9 Å². The van der Waals surface area contributed by atoms with Crippen molar-refractivity contribution in [2.75, 3.05) is 39.2 Å². The summed E-state index contributed by atoms with van der Waals surface area (Å²) >= 11 is 5.59. The maximum absolute atomic E-state index is 12.3. The quantitative estimate of drug-likeness (QED) is 0.666. The number of hydrogen-bond acceptors (Lipinski definition) is 3. The van der Waals surface area contributed by atoms with E-state index in [2.05, 4.69) is 0 Å². The van der Waals surface area contributed by atoms with Gasteiger partial charge in [-0.05, 0) is 26.2 Å². The van der Waals surface area contributed by atoms with E-state index in [9.17, 15) is 8.42 Å². The number of halogens is 1. The van der Waals surface area contributed by atoms with Gasteiger partial charge in [0.1, 0.15) is 0 Å². The minimum absolute atomic E-state index is 0.0277. The zero-order chi connectivity index (χ0) is 13.6. The molecule has 0 aromatic heterocycles. The van der Waals surface area contributed by atoms with Gasteiger partial charge >= 0.3 is 0 Å². The van der Waals surface area contributed by atoms with Crippen molar-refractivity contribution in [3.8, 4) is 0 Å². The molecule has 0 bridgehead atoms. The number of alkyl halides is 1. The molecule has 0 radical (unpaired) electrons. The molecule has 0 aromatic rings. The normalized spacial score (nSPS) is 22.6. The number of nitrogens with zero attached hydrogens (tertiary/aromatic N) is 2. The third-order valence-corrected chi connectivity index (χ3v) is 5.29. The first-order chi connectivity index (χ1) is 8.52. The van der Waals surface area contributed by atoms with Gasteiger partial charge in [-0.25, -0.2) is 0 Å². The number of ether oxygens (including phenoxy) is 1. The van der Waals surface area contributed by atoms with Crippen molar-refractivity contribution in [1.82, 2.24) is 8.61 Å². The Balaban J connectivity index is 2.60. The van der Waals surface area contributed by atoms with E-state index in [1.807, 2.05) is 6.92 Å². The number of hydrogen-bond donors (Lipinski definition) is 0. The Morgan fingerprint density at radius 1 is 1.50 bits per heavy atom. The third-order valence-electron chi connectivity index (χ3n) is 3.07. The average Bonchev–Trinajstić information content (AvgIpc) is 2.36. The van der Waals surface area contributed by atoms with Crippen LogP contribution in [0.4, 0.5) is 0 Å². The Hall–Kier alpha value is 0.120. The standard InChI is InChI=1S/C11H23ClN2O3S/c1-3-17-11-6-4-9-14(10-11)18(15,16)13(2)8-5-7-12/h11H,3-10H2,1-2H3. The van der Waals surface area contributed by atoms with Crippen molar-refractivity contribution >= 4 is 21.8 Å². The van der Waals surface area contributed by atoms with Crippen LogP contribution in [0.5, 0.6) is 0 Å². The zero-order valence-corrected chi connectivity index (χ0v) is 12.7. The van der Waals surface area contributed by atoms with Crippen LogP contribution in [0, 0.1) is 0 Å². The summed E-state index contributed by atoms with van der Waals surface area (Å²) in [4.78, 5) is 0. The molecule has 1 rings (SSSR count). The minimum Gasteiger partial charge on any atom is -0.377 e. The molecule has 18 heavy (non-hydrogen) atoms. The highest BCUT2D eigenvalue weighted by molar-refractivity contribution is 7.86. The molecule has 0 N–H and O–H groups in total. The third kappa shape index (κ3) is 4.35. The van der Waals surface area contributed by atoms with Crippen molar-refractivity contribution in [1.29, 1.82) is 0 Å². The lowest BCUT2D eigenvalue weighted by Crippen LogP contribution is -2.48. The molecule has 7 heteroatoms. The Morgan fingerprint density at radius 2 is 2.22 bits per heavy atom. The van der Waals surface area contributed by atoms with E-state index in [1.165, 1.54) is 8.61 Å². The summed E-state index contributed by atoms with van der Waals surface area (Å²) in [6, 6.07) is 0. The van der Waals surface area contributed by atoms with Crippen LogP contribution < -0.4 is 0 Å². The summed E-state index contributed by atoms with van der Waals surface area (Å²) in [6.07, 6.45) is 2.48. The molecule has 1 heterocycles. The Bertz CT molecular complexity index is 335. The SMILES string of the molecule is CCOC1CCCN(S(=O)(=O)N(C)CCCCl)C1. The van der Waals surface area contributed by atoms with Gasteiger partial charge in [0.05, 0.1) is 6.10 Å². The van der Waals surface area contributed by atoms with Crippen LogP contribution in [0.2, 0.25) is 0 Å². The van der Waals surface area contributed by atoms with E-state index in [-0.39, 0.29) is 6.10 Å². The summed E-state index contributed by atoms with van der Waals surface area (Å²) in [5.41, 5.74) is 0. The van der Waals surface area contributed by atoms with Crippen LogP contribution in [0.25, 0.3) is 0 Å². The molecule has 1 aliphatic rings. The Morgan fingerprint density at radius 3 is 2.83 bits per heavy atom. The highest BCUT2D eigenvalue weighted by Gasteiger charge is 2.31. The maximum Gasteiger partial charge on any atom is 0.281 e. The van der Waals surface area contributed by atoms with Crippen LogP contribution in [-0.4, -0.2) is 62.3 Å². The van der Waals surface area contributed by atoms with E-state index < -0.39 is 10.2 Å². The molecule has 0 aliphatic carbocycles. The Kier molecular flexibility index (Phi) is 6.87. The molecule has 0 saturated carbocycles. The largest absolute Gasteiger partial charge is 0.377 e. The van der Waals surface area contributed by atoms with Gasteiger partial charge in [-0.3, -0.25) is 0 Å². The van der Waals surface area contributed by atoms with Crippen molar-refractivity contribution in [3.05, 3.63) is 0 Å². The topological polar surface area (TPSA) is 49.9 Å². The van der Waals surface area contributed by atoms with Crippen molar-refractivity contribution in [2.24, 2.45) is 0 Å². The molecule has 108 valence electrons. The van der Waals surface area contributed by atoms with E-state index in [4.69, 9.17) is 16.3 Å². The summed E-state index contributed by atoms with van der Waals surface area (Å²) < 4.78 is 33.0. The lowest BCUT2D eigenvalue weighted by Gasteiger charge is -2.34. The molecule has 1 unspecified atom stereocenters. The van der Waals surface area contributed by atoms with E-state index in [0.29, 0.717) is 38.5 Å². The summed E-state index contributed by atoms with van der Waals surface area (Å²) in [6.45, 7) is 4.06. The second-order valence-corrected chi connectivity index (χ2v) is 6.86. The Labute approximate surface area is 115 Å². The molecule has 1 atom stereocenters. The molecule has 0 amide bonds. The van der Waals surface area contributed by atoms with E-state index in [1.54, 1.807) is 7.05 Å².